The van der Waals surface area contributed by atoms with Gasteiger partial charge in [-0.15, -0.1) is 0 Å². The fraction of sp³-hybridized carbons (Fsp3) is 0.778. The minimum absolute atomic E-state index is 0.00103. The third-order valence-corrected chi connectivity index (χ3v) is 9.66. The summed E-state index contributed by atoms with van der Waals surface area (Å²) in [5.41, 5.74) is -1.76. The quantitative estimate of drug-likeness (QED) is 0.0424. The summed E-state index contributed by atoms with van der Waals surface area (Å²) < 4.78 is 17.7. The van der Waals surface area contributed by atoms with E-state index in [9.17, 15) is 25.2 Å². The first-order chi connectivity index (χ1) is 22.0. The lowest BCUT2D eigenvalue weighted by Crippen LogP contribution is -2.44. The number of allylic oxidation sites excluding steroid dienone is 2. The zero-order valence-corrected chi connectivity index (χ0v) is 30.7. The monoisotopic (exact) mass is 682 g/mol. The van der Waals surface area contributed by atoms with Gasteiger partial charge in [0.1, 0.15) is 17.8 Å². The van der Waals surface area contributed by atoms with Gasteiger partial charge in [-0.2, -0.15) is 0 Å². The predicted octanol–water partition coefficient (Wildman–Crippen LogP) is 4.20. The van der Waals surface area contributed by atoms with Gasteiger partial charge in [-0.1, -0.05) is 58.9 Å². The van der Waals surface area contributed by atoms with Gasteiger partial charge < -0.3 is 44.9 Å². The average Bonchev–Trinajstić information content (AvgIpc) is 3.77. The van der Waals surface area contributed by atoms with Crippen LogP contribution < -0.4 is 5.32 Å². The Kier molecular flexibility index (Phi) is 17.0. The van der Waals surface area contributed by atoms with Crippen molar-refractivity contribution < 1.29 is 39.4 Å². The summed E-state index contributed by atoms with van der Waals surface area (Å²) in [4.78, 5) is 15.2. The second-order valence-electron chi connectivity index (χ2n) is 13.8. The van der Waals surface area contributed by atoms with Crippen LogP contribution >= 0.6 is 12.2 Å². The van der Waals surface area contributed by atoms with Crippen LogP contribution in [-0.4, -0.2) is 110 Å². The van der Waals surface area contributed by atoms with Crippen LogP contribution in [0.4, 0.5) is 0 Å². The number of epoxide rings is 1. The molecule has 2 heterocycles. The highest BCUT2D eigenvalue weighted by Gasteiger charge is 2.47. The Morgan fingerprint density at radius 2 is 1.98 bits per heavy atom. The molecule has 270 valence electrons. The van der Waals surface area contributed by atoms with E-state index >= 15 is 0 Å². The highest BCUT2D eigenvalue weighted by Crippen LogP contribution is 2.37. The van der Waals surface area contributed by atoms with Crippen molar-refractivity contribution >= 4 is 23.4 Å². The van der Waals surface area contributed by atoms with Crippen molar-refractivity contribution in [3.05, 3.63) is 36.0 Å². The molecule has 0 radical (unpaired) electrons. The van der Waals surface area contributed by atoms with Crippen LogP contribution in [0, 0.1) is 11.8 Å². The van der Waals surface area contributed by atoms with Crippen LogP contribution in [0.3, 0.4) is 0 Å². The van der Waals surface area contributed by atoms with Gasteiger partial charge in [0.25, 0.3) is 5.17 Å². The lowest BCUT2D eigenvalue weighted by Gasteiger charge is -2.33. The van der Waals surface area contributed by atoms with Crippen molar-refractivity contribution in [3.63, 3.8) is 0 Å². The molecule has 0 aromatic heterocycles. The smallest absolute Gasteiger partial charge is 0.309 e. The number of carbonyl (C=O) groups is 1. The Balaban J connectivity index is 2.15. The van der Waals surface area contributed by atoms with Gasteiger partial charge in [-0.05, 0) is 90.0 Å². The number of thiocarbonyl (C=S) groups is 1. The zero-order chi connectivity index (χ0) is 35.4. The molecule has 47 heavy (non-hydrogen) atoms. The molecule has 0 saturated carbocycles. The summed E-state index contributed by atoms with van der Waals surface area (Å²) in [6.07, 6.45) is 7.85. The summed E-state index contributed by atoms with van der Waals surface area (Å²) >= 11 is 5.47. The molecule has 10 nitrogen and oxygen atoms in total. The van der Waals surface area contributed by atoms with Crippen LogP contribution in [0.15, 0.2) is 36.0 Å². The maximum absolute atomic E-state index is 12.8. The molecule has 2 aliphatic heterocycles. The number of aliphatic hydroxyl groups excluding tert-OH is 2. The average molecular weight is 683 g/mol. The molecule has 0 amide bonds. The first-order valence-electron chi connectivity index (χ1n) is 17.4. The van der Waals surface area contributed by atoms with E-state index in [2.05, 4.69) is 24.1 Å². The molecule has 10 unspecified atom stereocenters. The molecule has 0 aromatic rings. The van der Waals surface area contributed by atoms with E-state index in [-0.39, 0.29) is 48.5 Å². The van der Waals surface area contributed by atoms with Gasteiger partial charge in [0.05, 0.1) is 36.4 Å². The predicted molar refractivity (Wildman–Crippen MR) is 189 cm³/mol. The molecule has 2 rings (SSSR count). The Hall–Kier alpha value is -1.86. The minimum Gasteiger partial charge on any atom is -0.460 e. The second kappa shape index (κ2) is 19.4. The molecular formula is C36H62N2O8S. The third kappa shape index (κ3) is 14.3. The number of nitrogens with one attached hydrogen (secondary N) is 1. The minimum atomic E-state index is -1.36. The molecule has 2 aliphatic rings. The van der Waals surface area contributed by atoms with Gasteiger partial charge in [0.2, 0.25) is 0 Å². The number of aliphatic hydroxyl groups is 4. The molecule has 10 atom stereocenters. The van der Waals surface area contributed by atoms with Crippen LogP contribution in [-0.2, 0) is 19.0 Å². The van der Waals surface area contributed by atoms with Crippen molar-refractivity contribution in [2.24, 2.45) is 11.8 Å². The normalized spacial score (nSPS) is 32.4. The Bertz CT molecular complexity index is 1070. The fourth-order valence-corrected chi connectivity index (χ4v) is 6.20. The molecule has 0 bridgehead atoms. The van der Waals surface area contributed by atoms with Crippen LogP contribution in [0.1, 0.15) is 93.9 Å². The molecule has 1 fully saturated rings. The van der Waals surface area contributed by atoms with E-state index in [0.717, 1.165) is 31.6 Å². The first-order valence-corrected chi connectivity index (χ1v) is 17.8. The van der Waals surface area contributed by atoms with Crippen molar-refractivity contribution in [2.75, 3.05) is 26.2 Å². The Morgan fingerprint density at radius 1 is 1.30 bits per heavy atom. The Morgan fingerprint density at radius 3 is 2.62 bits per heavy atom. The van der Waals surface area contributed by atoms with Gasteiger partial charge in [-0.25, -0.2) is 0 Å². The number of hydrogen-bond acceptors (Lipinski definition) is 10. The molecule has 11 heteroatoms. The topological polar surface area (TPSA) is 144 Å². The molecular weight excluding hydrogens is 620 g/mol. The van der Waals surface area contributed by atoms with Gasteiger partial charge in [0.15, 0.2) is 0 Å². The number of hydrogen-bond donors (Lipinski definition) is 5. The highest BCUT2D eigenvalue weighted by molar-refractivity contribution is 7.80. The third-order valence-electron chi connectivity index (χ3n) is 9.42. The molecule has 0 spiro atoms. The van der Waals surface area contributed by atoms with E-state index in [1.165, 1.54) is 0 Å². The summed E-state index contributed by atoms with van der Waals surface area (Å²) in [6, 6.07) is 0. The van der Waals surface area contributed by atoms with Crippen molar-refractivity contribution in [3.8, 4) is 0 Å². The first kappa shape index (κ1) is 41.3. The number of carbonyl (C=O) groups excluding carboxylic acids is 1. The molecule has 5 N–H and O–H groups in total. The van der Waals surface area contributed by atoms with E-state index in [4.69, 9.17) is 26.4 Å². The van der Waals surface area contributed by atoms with Crippen molar-refractivity contribution in [1.29, 1.82) is 0 Å². The number of cyclic esters (lactones) is 1. The van der Waals surface area contributed by atoms with E-state index in [1.807, 2.05) is 33.8 Å². The number of rotatable bonds is 15. The van der Waals surface area contributed by atoms with E-state index in [1.54, 1.807) is 38.2 Å². The van der Waals surface area contributed by atoms with Gasteiger partial charge in [0, 0.05) is 24.8 Å². The zero-order valence-electron chi connectivity index (χ0n) is 29.9. The SMILES string of the molecule is CCC(O)C(C)C1OC1CC(C)(O)/C=C/C=C(C)C1OC(=O)CC(O)CCC(C)(O)C(OC(=S)NCCCN(CC)CC)/C=C/C1C. The van der Waals surface area contributed by atoms with E-state index in [0.29, 0.717) is 19.4 Å². The molecule has 0 aliphatic carbocycles. The Labute approximate surface area is 288 Å². The summed E-state index contributed by atoms with van der Waals surface area (Å²) in [5, 5.41) is 46.5. The van der Waals surface area contributed by atoms with Gasteiger partial charge >= 0.3 is 5.97 Å². The lowest BCUT2D eigenvalue weighted by molar-refractivity contribution is -0.151. The number of nitrogens with zero attached hydrogens (tertiary/aromatic N) is 1. The van der Waals surface area contributed by atoms with Gasteiger partial charge in [-0.3, -0.25) is 4.79 Å². The maximum atomic E-state index is 12.8. The lowest BCUT2D eigenvalue weighted by atomic mass is 9.88. The maximum Gasteiger partial charge on any atom is 0.309 e. The highest BCUT2D eigenvalue weighted by atomic mass is 32.1. The fourth-order valence-electron chi connectivity index (χ4n) is 5.99. The molecule has 0 aromatic carbocycles. The summed E-state index contributed by atoms with van der Waals surface area (Å²) in [5.74, 6) is -0.848. The molecule has 1 saturated heterocycles. The standard InChI is InChI=1S/C36H62N2O8S/c1-9-28(40)26(6)33-29(44-33)23-35(7,42)18-12-14-24(4)32-25(5)15-16-30(36(8,43)19-17-27(39)22-31(41)46-32)45-34(47)37-20-13-21-38(10-2)11-3/h12,14-16,18,25-30,32-33,39-40,42-43H,9-11,13,17,19-23H2,1-8H3,(H,37,47)/b16-15+,18-12+,24-14?. The largest absolute Gasteiger partial charge is 0.460 e. The number of ether oxygens (including phenoxy) is 3. The summed E-state index contributed by atoms with van der Waals surface area (Å²) in [7, 11) is 0. The summed E-state index contributed by atoms with van der Waals surface area (Å²) in [6.45, 7) is 18.8. The van der Waals surface area contributed by atoms with Crippen LogP contribution in [0.5, 0.6) is 0 Å². The van der Waals surface area contributed by atoms with E-state index < -0.39 is 41.6 Å². The van der Waals surface area contributed by atoms with Crippen molar-refractivity contribution in [1.82, 2.24) is 10.2 Å². The second-order valence-corrected chi connectivity index (χ2v) is 14.2. The van der Waals surface area contributed by atoms with Crippen LogP contribution in [0.2, 0.25) is 0 Å². The van der Waals surface area contributed by atoms with Crippen molar-refractivity contribution in [2.45, 2.75) is 142 Å². The van der Waals surface area contributed by atoms with Crippen LogP contribution in [0.25, 0.3) is 0 Å². The number of esters is 1.